The zero-order valence-electron chi connectivity index (χ0n) is 19.3. The monoisotopic (exact) mass is 454 g/mol. The number of aryl methyl sites for hydroxylation is 1. The van der Waals surface area contributed by atoms with Crippen molar-refractivity contribution in [3.63, 3.8) is 0 Å². The third-order valence-corrected chi connectivity index (χ3v) is 6.22. The number of carbonyl (C=O) groups is 1. The van der Waals surface area contributed by atoms with E-state index in [1.807, 2.05) is 52.1 Å². The Morgan fingerprint density at radius 3 is 2.78 bits per heavy atom. The van der Waals surface area contributed by atoms with Crippen molar-refractivity contribution in [1.29, 1.82) is 0 Å². The first kappa shape index (κ1) is 22.3. The lowest BCUT2D eigenvalue weighted by molar-refractivity contribution is 0.0197. The predicted molar refractivity (Wildman–Crippen MR) is 128 cm³/mol. The van der Waals surface area contributed by atoms with Crippen LogP contribution in [0.2, 0.25) is 0 Å². The second-order valence-corrected chi connectivity index (χ2v) is 10.4. The van der Waals surface area contributed by atoms with Gasteiger partial charge in [-0.05, 0) is 70.2 Å². The smallest absolute Gasteiger partial charge is 0.410 e. The summed E-state index contributed by atoms with van der Waals surface area (Å²) in [7, 11) is 1.67. The number of benzene rings is 1. The minimum Gasteiger partial charge on any atom is -0.497 e. The fraction of sp³-hybridized carbons (Fsp3) is 0.458. The number of fused-ring (bicyclic) bond motifs is 1. The first-order chi connectivity index (χ1) is 15.2. The molecule has 0 saturated carbocycles. The Bertz CT molecular complexity index is 1120. The number of nitrogens with one attached hydrogen (secondary N) is 1. The number of hydrogen-bond acceptors (Lipinski definition) is 7. The highest BCUT2D eigenvalue weighted by Crippen LogP contribution is 2.34. The van der Waals surface area contributed by atoms with Gasteiger partial charge < -0.3 is 19.7 Å². The molecule has 170 valence electrons. The van der Waals surface area contributed by atoms with Crippen LogP contribution in [0.3, 0.4) is 0 Å². The fourth-order valence-corrected chi connectivity index (χ4v) is 4.58. The summed E-state index contributed by atoms with van der Waals surface area (Å²) in [5.41, 5.74) is 0.444. The number of rotatable bonds is 4. The Morgan fingerprint density at radius 1 is 1.28 bits per heavy atom. The molecule has 1 aliphatic heterocycles. The molecule has 1 fully saturated rings. The number of thiazole rings is 1. The molecule has 0 spiro atoms. The van der Waals surface area contributed by atoms with E-state index < -0.39 is 5.60 Å². The lowest BCUT2D eigenvalue weighted by atomic mass is 9.93. The van der Waals surface area contributed by atoms with Crippen LogP contribution in [0.5, 0.6) is 5.75 Å². The van der Waals surface area contributed by atoms with Crippen molar-refractivity contribution in [2.24, 2.45) is 0 Å². The van der Waals surface area contributed by atoms with E-state index in [9.17, 15) is 4.79 Å². The molecule has 3 aromatic rings. The molecule has 1 aromatic carbocycles. The molecular weight excluding hydrogens is 424 g/mol. The van der Waals surface area contributed by atoms with Crippen molar-refractivity contribution in [3.8, 4) is 5.75 Å². The summed E-state index contributed by atoms with van der Waals surface area (Å²) in [6.07, 6.45) is 3.47. The van der Waals surface area contributed by atoms with E-state index in [4.69, 9.17) is 14.5 Å². The molecule has 1 saturated heterocycles. The lowest BCUT2D eigenvalue weighted by Gasteiger charge is -2.34. The van der Waals surface area contributed by atoms with Gasteiger partial charge in [-0.2, -0.15) is 0 Å². The van der Waals surface area contributed by atoms with Crippen molar-refractivity contribution in [3.05, 3.63) is 41.0 Å². The van der Waals surface area contributed by atoms with Crippen LogP contribution in [0, 0.1) is 6.92 Å². The predicted octanol–water partition coefficient (Wildman–Crippen LogP) is 5.87. The Morgan fingerprint density at radius 2 is 2.09 bits per heavy atom. The zero-order chi connectivity index (χ0) is 22.9. The third-order valence-electron chi connectivity index (χ3n) is 5.40. The van der Waals surface area contributed by atoms with E-state index in [2.05, 4.69) is 16.4 Å². The number of pyridine rings is 1. The maximum Gasteiger partial charge on any atom is 0.410 e. The van der Waals surface area contributed by atoms with Gasteiger partial charge in [0.05, 0.1) is 7.11 Å². The van der Waals surface area contributed by atoms with Crippen LogP contribution < -0.4 is 10.1 Å². The van der Waals surface area contributed by atoms with Gasteiger partial charge in [-0.1, -0.05) is 0 Å². The number of likely N-dealkylation sites (tertiary alicyclic amines) is 1. The van der Waals surface area contributed by atoms with Crippen molar-refractivity contribution in [2.75, 3.05) is 25.5 Å². The van der Waals surface area contributed by atoms with Crippen LogP contribution in [-0.2, 0) is 4.74 Å². The summed E-state index contributed by atoms with van der Waals surface area (Å²) in [6, 6.07) is 8.08. The van der Waals surface area contributed by atoms with Crippen molar-refractivity contribution >= 4 is 39.2 Å². The van der Waals surface area contributed by atoms with Crippen LogP contribution in [0.4, 0.5) is 15.7 Å². The Hall–Kier alpha value is -2.87. The Balaban J connectivity index is 1.67. The van der Waals surface area contributed by atoms with Crippen molar-refractivity contribution < 1.29 is 14.3 Å². The van der Waals surface area contributed by atoms with Gasteiger partial charge in [-0.25, -0.2) is 14.8 Å². The second-order valence-electron chi connectivity index (χ2n) is 9.15. The van der Waals surface area contributed by atoms with E-state index in [1.54, 1.807) is 23.3 Å². The number of aromatic nitrogens is 2. The lowest BCUT2D eigenvalue weighted by Crippen LogP contribution is -2.42. The molecule has 1 aliphatic rings. The highest BCUT2D eigenvalue weighted by Gasteiger charge is 2.29. The summed E-state index contributed by atoms with van der Waals surface area (Å²) in [6.45, 7) is 9.00. The minimum absolute atomic E-state index is 0.130. The molecule has 0 radical (unpaired) electrons. The molecule has 0 aliphatic carbocycles. The molecule has 4 rings (SSSR count). The molecule has 1 amide bonds. The summed E-state index contributed by atoms with van der Waals surface area (Å²) in [5.74, 6) is 1.69. The van der Waals surface area contributed by atoms with Gasteiger partial charge in [-0.15, -0.1) is 11.3 Å². The fourth-order valence-electron chi connectivity index (χ4n) is 3.91. The van der Waals surface area contributed by atoms with Crippen LogP contribution in [0.25, 0.3) is 10.8 Å². The molecular formula is C24H30N4O3S. The molecule has 3 heterocycles. The van der Waals surface area contributed by atoms with Gasteiger partial charge in [0.15, 0.2) is 5.13 Å². The first-order valence-corrected chi connectivity index (χ1v) is 11.7. The maximum atomic E-state index is 12.6. The number of hydrogen-bond donors (Lipinski definition) is 1. The highest BCUT2D eigenvalue weighted by molar-refractivity contribution is 7.15. The number of piperidine rings is 1. The van der Waals surface area contributed by atoms with Crippen LogP contribution in [-0.4, -0.2) is 46.8 Å². The number of ether oxygens (including phenoxy) is 2. The van der Waals surface area contributed by atoms with Gasteiger partial charge in [-0.3, -0.25) is 0 Å². The Kier molecular flexibility index (Phi) is 6.24. The van der Waals surface area contributed by atoms with E-state index in [0.717, 1.165) is 50.9 Å². The summed E-state index contributed by atoms with van der Waals surface area (Å²) in [4.78, 5) is 25.0. The molecule has 1 atom stereocenters. The van der Waals surface area contributed by atoms with Crippen LogP contribution >= 0.6 is 11.3 Å². The van der Waals surface area contributed by atoms with Gasteiger partial charge in [0.1, 0.15) is 17.2 Å². The standard InChI is InChI=1S/C24H30N4O3S/c1-15-13-25-22(32-15)27-21-19-9-8-18(30-5)11-17(19)12-20(26-21)16-7-6-10-28(14-16)23(29)31-24(2,3)4/h8-9,11-13,16H,6-7,10,14H2,1-5H3,(H,25,26,27). The average molecular weight is 455 g/mol. The molecule has 1 N–H and O–H groups in total. The number of nitrogens with zero attached hydrogens (tertiary/aromatic N) is 3. The summed E-state index contributed by atoms with van der Waals surface area (Å²) in [5, 5.41) is 6.25. The number of anilines is 2. The van der Waals surface area contributed by atoms with Gasteiger partial charge in [0, 0.05) is 41.2 Å². The first-order valence-electron chi connectivity index (χ1n) is 10.9. The van der Waals surface area contributed by atoms with Gasteiger partial charge in [0.2, 0.25) is 0 Å². The summed E-state index contributed by atoms with van der Waals surface area (Å²) < 4.78 is 11.0. The van der Waals surface area contributed by atoms with E-state index in [-0.39, 0.29) is 12.0 Å². The van der Waals surface area contributed by atoms with E-state index in [0.29, 0.717) is 13.1 Å². The van der Waals surface area contributed by atoms with Gasteiger partial charge in [0.25, 0.3) is 0 Å². The Labute approximate surface area is 192 Å². The molecule has 8 heteroatoms. The average Bonchev–Trinajstić information content (AvgIpc) is 3.16. The minimum atomic E-state index is -0.509. The van der Waals surface area contributed by atoms with Crippen molar-refractivity contribution in [1.82, 2.24) is 14.9 Å². The highest BCUT2D eigenvalue weighted by atomic mass is 32.1. The molecule has 2 aromatic heterocycles. The molecule has 1 unspecified atom stereocenters. The van der Waals surface area contributed by atoms with Crippen LogP contribution in [0.1, 0.15) is 50.1 Å². The third kappa shape index (κ3) is 5.12. The van der Waals surface area contributed by atoms with E-state index >= 15 is 0 Å². The SMILES string of the molecule is COc1ccc2c(Nc3ncc(C)s3)nc(C3CCCN(C(=O)OC(C)(C)C)C3)cc2c1. The maximum absolute atomic E-state index is 12.6. The largest absolute Gasteiger partial charge is 0.497 e. The topological polar surface area (TPSA) is 76.6 Å². The second kappa shape index (κ2) is 8.94. The normalized spacial score (nSPS) is 16.8. The number of amides is 1. The zero-order valence-corrected chi connectivity index (χ0v) is 20.1. The summed E-state index contributed by atoms with van der Waals surface area (Å²) >= 11 is 1.59. The van der Waals surface area contributed by atoms with Crippen LogP contribution in [0.15, 0.2) is 30.5 Å². The number of carbonyl (C=O) groups excluding carboxylic acids is 1. The van der Waals surface area contributed by atoms with Gasteiger partial charge >= 0.3 is 6.09 Å². The molecule has 32 heavy (non-hydrogen) atoms. The molecule has 7 nitrogen and oxygen atoms in total. The number of methoxy groups -OCH3 is 1. The molecule has 0 bridgehead atoms. The van der Waals surface area contributed by atoms with E-state index in [1.165, 1.54) is 0 Å². The van der Waals surface area contributed by atoms with Crippen molar-refractivity contribution in [2.45, 2.75) is 52.1 Å². The quantitative estimate of drug-likeness (QED) is 0.532.